The predicted octanol–water partition coefficient (Wildman–Crippen LogP) is 3.59. The summed E-state index contributed by atoms with van der Waals surface area (Å²) in [5.74, 6) is -0.0973. The second kappa shape index (κ2) is 9.06. The van der Waals surface area contributed by atoms with Gasteiger partial charge in [-0.1, -0.05) is 35.9 Å². The van der Waals surface area contributed by atoms with Crippen LogP contribution in [0.1, 0.15) is 22.3 Å². The zero-order valence-electron chi connectivity index (χ0n) is 15.2. The highest BCUT2D eigenvalue weighted by Gasteiger charge is 2.17. The number of hydrogen-bond acceptors (Lipinski definition) is 3. The Balaban J connectivity index is 1.37. The number of hydrogen-bond donors (Lipinski definition) is 1. The van der Waals surface area contributed by atoms with Gasteiger partial charge in [-0.3, -0.25) is 9.69 Å². The second-order valence-electron chi connectivity index (χ2n) is 6.76. The number of piperazine rings is 1. The van der Waals surface area contributed by atoms with E-state index in [-0.39, 0.29) is 5.91 Å². The summed E-state index contributed by atoms with van der Waals surface area (Å²) < 4.78 is 0. The van der Waals surface area contributed by atoms with Crippen LogP contribution < -0.4 is 10.2 Å². The molecule has 0 bridgehead atoms. The van der Waals surface area contributed by atoms with Crippen molar-refractivity contribution in [3.63, 3.8) is 0 Å². The summed E-state index contributed by atoms with van der Waals surface area (Å²) >= 11 is 6.05. The van der Waals surface area contributed by atoms with Crippen molar-refractivity contribution in [2.75, 3.05) is 44.2 Å². The Morgan fingerprint density at radius 3 is 2.58 bits per heavy atom. The molecule has 1 aliphatic heterocycles. The minimum atomic E-state index is -0.0973. The van der Waals surface area contributed by atoms with Gasteiger partial charge in [0, 0.05) is 38.4 Å². The molecule has 1 amide bonds. The van der Waals surface area contributed by atoms with Crippen molar-refractivity contribution < 1.29 is 4.79 Å². The lowest BCUT2D eigenvalue weighted by Gasteiger charge is -2.36. The van der Waals surface area contributed by atoms with E-state index in [1.54, 1.807) is 12.1 Å². The molecule has 26 heavy (non-hydrogen) atoms. The number of carbonyl (C=O) groups excluding carboxylic acids is 1. The van der Waals surface area contributed by atoms with Gasteiger partial charge in [0.1, 0.15) is 0 Å². The molecule has 0 aromatic heterocycles. The van der Waals surface area contributed by atoms with Gasteiger partial charge in [-0.25, -0.2) is 0 Å². The Bertz CT molecular complexity index is 742. The summed E-state index contributed by atoms with van der Waals surface area (Å²) in [6.45, 7) is 8.03. The van der Waals surface area contributed by atoms with Crippen LogP contribution in [0.25, 0.3) is 0 Å². The quantitative estimate of drug-likeness (QED) is 0.788. The Labute approximate surface area is 160 Å². The summed E-state index contributed by atoms with van der Waals surface area (Å²) in [6.07, 6.45) is 0.945. The molecule has 2 aromatic carbocycles. The van der Waals surface area contributed by atoms with Gasteiger partial charge in [0.25, 0.3) is 5.91 Å². The summed E-state index contributed by atoms with van der Waals surface area (Å²) in [5.41, 5.74) is 3.16. The van der Waals surface area contributed by atoms with Crippen molar-refractivity contribution in [1.82, 2.24) is 10.2 Å². The van der Waals surface area contributed by atoms with E-state index in [0.29, 0.717) is 17.1 Å². The average Bonchev–Trinajstić information content (AvgIpc) is 2.66. The number of carbonyl (C=O) groups is 1. The van der Waals surface area contributed by atoms with Crippen LogP contribution in [0.15, 0.2) is 48.5 Å². The highest BCUT2D eigenvalue weighted by Crippen LogP contribution is 2.18. The molecular weight excluding hydrogens is 346 g/mol. The molecule has 1 saturated heterocycles. The van der Waals surface area contributed by atoms with Gasteiger partial charge in [-0.2, -0.15) is 0 Å². The maximum absolute atomic E-state index is 12.1. The third-order valence-corrected chi connectivity index (χ3v) is 5.12. The molecule has 1 heterocycles. The molecular formula is C21H26ClN3O. The average molecular weight is 372 g/mol. The van der Waals surface area contributed by atoms with Gasteiger partial charge in [0.15, 0.2) is 0 Å². The lowest BCUT2D eigenvalue weighted by molar-refractivity contribution is 0.0951. The first-order valence-electron chi connectivity index (χ1n) is 9.20. The summed E-state index contributed by atoms with van der Waals surface area (Å²) in [6, 6.07) is 15.8. The zero-order chi connectivity index (χ0) is 18.4. The van der Waals surface area contributed by atoms with E-state index in [2.05, 4.69) is 46.3 Å². The molecule has 4 nitrogen and oxygen atoms in total. The number of amides is 1. The molecule has 3 rings (SSSR count). The molecule has 0 atom stereocenters. The monoisotopic (exact) mass is 371 g/mol. The van der Waals surface area contributed by atoms with Crippen molar-refractivity contribution >= 4 is 23.2 Å². The summed E-state index contributed by atoms with van der Waals surface area (Å²) in [4.78, 5) is 17.0. The first-order valence-corrected chi connectivity index (χ1v) is 9.58. The molecule has 0 saturated carbocycles. The van der Waals surface area contributed by atoms with E-state index < -0.39 is 0 Å². The predicted molar refractivity (Wildman–Crippen MR) is 108 cm³/mol. The molecule has 2 aromatic rings. The van der Waals surface area contributed by atoms with Crippen molar-refractivity contribution in [3.8, 4) is 0 Å². The maximum Gasteiger partial charge on any atom is 0.252 e. The van der Waals surface area contributed by atoms with Crippen molar-refractivity contribution in [3.05, 3.63) is 64.7 Å². The van der Waals surface area contributed by atoms with Crippen LogP contribution in [0.2, 0.25) is 5.02 Å². The van der Waals surface area contributed by atoms with Crippen LogP contribution in [-0.2, 0) is 0 Å². The number of rotatable bonds is 6. The van der Waals surface area contributed by atoms with Gasteiger partial charge in [-0.15, -0.1) is 0 Å². The molecule has 0 spiro atoms. The number of halogens is 1. The zero-order valence-corrected chi connectivity index (χ0v) is 16.0. The normalized spacial score (nSPS) is 15.1. The van der Waals surface area contributed by atoms with Crippen molar-refractivity contribution in [2.24, 2.45) is 0 Å². The van der Waals surface area contributed by atoms with Crippen LogP contribution in [0.3, 0.4) is 0 Å². The van der Waals surface area contributed by atoms with E-state index in [4.69, 9.17) is 11.6 Å². The highest BCUT2D eigenvalue weighted by atomic mass is 35.5. The smallest absolute Gasteiger partial charge is 0.252 e. The van der Waals surface area contributed by atoms with E-state index in [1.807, 2.05) is 12.1 Å². The van der Waals surface area contributed by atoms with Crippen LogP contribution in [-0.4, -0.2) is 50.1 Å². The summed E-state index contributed by atoms with van der Waals surface area (Å²) in [5, 5.41) is 3.46. The largest absolute Gasteiger partial charge is 0.369 e. The Kier molecular flexibility index (Phi) is 6.53. The Morgan fingerprint density at radius 1 is 1.08 bits per heavy atom. The lowest BCUT2D eigenvalue weighted by Crippen LogP contribution is -2.47. The lowest BCUT2D eigenvalue weighted by atomic mass is 10.2. The summed E-state index contributed by atoms with van der Waals surface area (Å²) in [7, 11) is 0. The van der Waals surface area contributed by atoms with Crippen molar-refractivity contribution in [2.45, 2.75) is 13.3 Å². The molecule has 5 heteroatoms. The van der Waals surface area contributed by atoms with E-state index in [0.717, 1.165) is 39.1 Å². The van der Waals surface area contributed by atoms with Gasteiger partial charge in [0.2, 0.25) is 0 Å². The van der Waals surface area contributed by atoms with Gasteiger partial charge < -0.3 is 10.2 Å². The Morgan fingerprint density at radius 2 is 1.85 bits per heavy atom. The number of anilines is 1. The number of aryl methyl sites for hydroxylation is 1. The van der Waals surface area contributed by atoms with Crippen LogP contribution >= 0.6 is 11.6 Å². The Hall–Kier alpha value is -2.04. The SMILES string of the molecule is Cc1cccc(N2CCN(CCCNC(=O)c3ccccc3Cl)CC2)c1. The van der Waals surface area contributed by atoms with Crippen LogP contribution in [0.4, 0.5) is 5.69 Å². The second-order valence-corrected chi connectivity index (χ2v) is 7.16. The minimum Gasteiger partial charge on any atom is -0.369 e. The molecule has 0 unspecified atom stereocenters. The van der Waals surface area contributed by atoms with Gasteiger partial charge in [0.05, 0.1) is 10.6 Å². The molecule has 1 fully saturated rings. The molecule has 1 N–H and O–H groups in total. The molecule has 0 aliphatic carbocycles. The maximum atomic E-state index is 12.1. The topological polar surface area (TPSA) is 35.6 Å². The third kappa shape index (κ3) is 4.99. The fourth-order valence-corrected chi connectivity index (χ4v) is 3.52. The van der Waals surface area contributed by atoms with E-state index in [1.165, 1.54) is 11.3 Å². The minimum absolute atomic E-state index is 0.0973. The number of nitrogens with one attached hydrogen (secondary N) is 1. The fourth-order valence-electron chi connectivity index (χ4n) is 3.30. The standard InChI is InChI=1S/C21H26ClN3O/c1-17-6-4-7-18(16-17)25-14-12-24(13-15-25)11-5-10-23-21(26)19-8-2-3-9-20(19)22/h2-4,6-9,16H,5,10-15H2,1H3,(H,23,26). The first kappa shape index (κ1) is 18.7. The van der Waals surface area contributed by atoms with E-state index >= 15 is 0 Å². The van der Waals surface area contributed by atoms with Gasteiger partial charge in [-0.05, 0) is 49.7 Å². The van der Waals surface area contributed by atoms with Crippen LogP contribution in [0.5, 0.6) is 0 Å². The molecule has 0 radical (unpaired) electrons. The van der Waals surface area contributed by atoms with Crippen LogP contribution in [0, 0.1) is 6.92 Å². The molecule has 138 valence electrons. The number of benzene rings is 2. The third-order valence-electron chi connectivity index (χ3n) is 4.79. The van der Waals surface area contributed by atoms with Gasteiger partial charge >= 0.3 is 0 Å². The van der Waals surface area contributed by atoms with E-state index in [9.17, 15) is 4.79 Å². The molecule has 1 aliphatic rings. The highest BCUT2D eigenvalue weighted by molar-refractivity contribution is 6.33. The first-order chi connectivity index (χ1) is 12.6. The number of nitrogens with zero attached hydrogens (tertiary/aromatic N) is 2. The van der Waals surface area contributed by atoms with Crippen molar-refractivity contribution in [1.29, 1.82) is 0 Å². The fraction of sp³-hybridized carbons (Fsp3) is 0.381.